The highest BCUT2D eigenvalue weighted by atomic mass is 32.1. The van der Waals surface area contributed by atoms with Crippen LogP contribution in [0.1, 0.15) is 23.9 Å². The van der Waals surface area contributed by atoms with Gasteiger partial charge in [0.25, 0.3) is 0 Å². The maximum absolute atomic E-state index is 5.34. The highest BCUT2D eigenvalue weighted by Crippen LogP contribution is 2.19. The van der Waals surface area contributed by atoms with Crippen molar-refractivity contribution in [3.8, 4) is 0 Å². The maximum atomic E-state index is 5.34. The summed E-state index contributed by atoms with van der Waals surface area (Å²) < 4.78 is 1.97. The second kappa shape index (κ2) is 6.52. The van der Waals surface area contributed by atoms with Crippen LogP contribution >= 0.6 is 12.2 Å². The molecule has 0 aliphatic rings. The van der Waals surface area contributed by atoms with E-state index in [1.54, 1.807) is 0 Å². The largest absolute Gasteiger partial charge is 0.358 e. The number of thiocarbonyl (C=S) groups is 1. The van der Waals surface area contributed by atoms with Gasteiger partial charge in [0.2, 0.25) is 0 Å². The van der Waals surface area contributed by atoms with E-state index in [4.69, 9.17) is 12.2 Å². The molecule has 5 heteroatoms. The molecule has 0 saturated heterocycles. The Morgan fingerprint density at radius 3 is 2.55 bits per heavy atom. The first-order chi connectivity index (χ1) is 9.61. The van der Waals surface area contributed by atoms with E-state index < -0.39 is 0 Å². The number of benzene rings is 1. The molecule has 0 spiro atoms. The van der Waals surface area contributed by atoms with Gasteiger partial charge in [0.15, 0.2) is 5.11 Å². The number of hydrogen-bond acceptors (Lipinski definition) is 2. The lowest BCUT2D eigenvalue weighted by Crippen LogP contribution is -2.28. The minimum atomic E-state index is 0.621. The van der Waals surface area contributed by atoms with Crippen LogP contribution in [-0.2, 0) is 13.1 Å². The summed E-state index contributed by atoms with van der Waals surface area (Å²) in [6.45, 7) is 7.69. The Balaban J connectivity index is 1.97. The Bertz CT molecular complexity index is 589. The van der Waals surface area contributed by atoms with E-state index in [-0.39, 0.29) is 0 Å². The molecule has 2 N–H and O–H groups in total. The SMILES string of the molecule is CCn1nc(C)c(NC(=S)NCc2ccccc2)c1C. The molecule has 0 bridgehead atoms. The van der Waals surface area contributed by atoms with E-state index in [1.807, 2.05) is 36.7 Å². The predicted octanol–water partition coefficient (Wildman–Crippen LogP) is 3.01. The zero-order valence-electron chi connectivity index (χ0n) is 12.1. The third-order valence-corrected chi connectivity index (χ3v) is 3.46. The van der Waals surface area contributed by atoms with Crippen LogP contribution < -0.4 is 10.6 Å². The number of aromatic nitrogens is 2. The molecular formula is C15H20N4S. The second-order valence-electron chi connectivity index (χ2n) is 4.65. The molecule has 0 fully saturated rings. The van der Waals surface area contributed by atoms with Gasteiger partial charge in [-0.05, 0) is 38.6 Å². The van der Waals surface area contributed by atoms with Crippen LogP contribution in [0.15, 0.2) is 30.3 Å². The van der Waals surface area contributed by atoms with Crippen LogP contribution in [-0.4, -0.2) is 14.9 Å². The third kappa shape index (κ3) is 3.36. The van der Waals surface area contributed by atoms with Gasteiger partial charge < -0.3 is 10.6 Å². The summed E-state index contributed by atoms with van der Waals surface area (Å²) in [5.41, 5.74) is 4.27. The highest BCUT2D eigenvalue weighted by Gasteiger charge is 2.11. The van der Waals surface area contributed by atoms with E-state index in [0.717, 1.165) is 23.6 Å². The molecule has 1 aromatic carbocycles. The lowest BCUT2D eigenvalue weighted by Gasteiger charge is -2.11. The van der Waals surface area contributed by atoms with Gasteiger partial charge in [0, 0.05) is 13.1 Å². The Labute approximate surface area is 125 Å². The smallest absolute Gasteiger partial charge is 0.171 e. The maximum Gasteiger partial charge on any atom is 0.171 e. The summed E-state index contributed by atoms with van der Waals surface area (Å²) in [4.78, 5) is 0. The summed E-state index contributed by atoms with van der Waals surface area (Å²) in [6.07, 6.45) is 0. The van der Waals surface area contributed by atoms with Crippen molar-refractivity contribution < 1.29 is 0 Å². The monoisotopic (exact) mass is 288 g/mol. The number of rotatable bonds is 4. The van der Waals surface area contributed by atoms with E-state index >= 15 is 0 Å². The molecule has 0 amide bonds. The summed E-state index contributed by atoms with van der Waals surface area (Å²) in [6, 6.07) is 10.2. The van der Waals surface area contributed by atoms with E-state index in [0.29, 0.717) is 11.7 Å². The summed E-state index contributed by atoms with van der Waals surface area (Å²) in [7, 11) is 0. The Kier molecular flexibility index (Phi) is 4.74. The average molecular weight is 288 g/mol. The van der Waals surface area contributed by atoms with Gasteiger partial charge in [0.1, 0.15) is 0 Å². The summed E-state index contributed by atoms with van der Waals surface area (Å²) in [5.74, 6) is 0. The van der Waals surface area contributed by atoms with E-state index in [1.165, 1.54) is 5.56 Å². The average Bonchev–Trinajstić information content (AvgIpc) is 2.73. The first-order valence-electron chi connectivity index (χ1n) is 6.74. The van der Waals surface area contributed by atoms with Crippen LogP contribution in [0.5, 0.6) is 0 Å². The normalized spacial score (nSPS) is 10.3. The number of anilines is 1. The van der Waals surface area contributed by atoms with Crippen LogP contribution in [0.4, 0.5) is 5.69 Å². The van der Waals surface area contributed by atoms with Crippen molar-refractivity contribution in [1.29, 1.82) is 0 Å². The zero-order valence-corrected chi connectivity index (χ0v) is 12.9. The van der Waals surface area contributed by atoms with Crippen molar-refractivity contribution in [2.24, 2.45) is 0 Å². The second-order valence-corrected chi connectivity index (χ2v) is 5.06. The van der Waals surface area contributed by atoms with Crippen molar-refractivity contribution in [1.82, 2.24) is 15.1 Å². The molecule has 0 saturated carbocycles. The van der Waals surface area contributed by atoms with E-state index in [2.05, 4.69) is 34.8 Å². The van der Waals surface area contributed by atoms with Crippen molar-refractivity contribution in [3.63, 3.8) is 0 Å². The lowest BCUT2D eigenvalue weighted by atomic mass is 10.2. The minimum Gasteiger partial charge on any atom is -0.358 e. The van der Waals surface area contributed by atoms with Gasteiger partial charge in [-0.2, -0.15) is 5.10 Å². The standard InChI is InChI=1S/C15H20N4S/c1-4-19-12(3)14(11(2)18-19)17-15(20)16-10-13-8-6-5-7-9-13/h5-9H,4,10H2,1-3H3,(H2,16,17,20). The highest BCUT2D eigenvalue weighted by molar-refractivity contribution is 7.80. The minimum absolute atomic E-state index is 0.621. The van der Waals surface area contributed by atoms with Gasteiger partial charge in [-0.15, -0.1) is 0 Å². The van der Waals surface area contributed by atoms with Crippen molar-refractivity contribution in [3.05, 3.63) is 47.3 Å². The topological polar surface area (TPSA) is 41.9 Å². The van der Waals surface area contributed by atoms with Gasteiger partial charge in [0.05, 0.1) is 17.1 Å². The van der Waals surface area contributed by atoms with Crippen LogP contribution in [0.3, 0.4) is 0 Å². The molecule has 0 atom stereocenters. The van der Waals surface area contributed by atoms with E-state index in [9.17, 15) is 0 Å². The number of nitrogens with one attached hydrogen (secondary N) is 2. The van der Waals surface area contributed by atoms with Crippen molar-refractivity contribution in [2.45, 2.75) is 33.9 Å². The van der Waals surface area contributed by atoms with Gasteiger partial charge in [-0.1, -0.05) is 30.3 Å². The fourth-order valence-electron chi connectivity index (χ4n) is 2.12. The first kappa shape index (κ1) is 14.5. The fraction of sp³-hybridized carbons (Fsp3) is 0.333. The summed E-state index contributed by atoms with van der Waals surface area (Å²) in [5, 5.41) is 11.5. The molecule has 1 heterocycles. The first-order valence-corrected chi connectivity index (χ1v) is 7.15. The van der Waals surface area contributed by atoms with Gasteiger partial charge in [-0.3, -0.25) is 4.68 Å². The fourth-order valence-corrected chi connectivity index (χ4v) is 2.30. The van der Waals surface area contributed by atoms with Crippen molar-refractivity contribution >= 4 is 23.0 Å². The lowest BCUT2D eigenvalue weighted by molar-refractivity contribution is 0.634. The van der Waals surface area contributed by atoms with Crippen LogP contribution in [0.2, 0.25) is 0 Å². The molecule has 0 unspecified atom stereocenters. The molecular weight excluding hydrogens is 268 g/mol. The molecule has 1 aromatic heterocycles. The Morgan fingerprint density at radius 1 is 1.25 bits per heavy atom. The molecule has 2 aromatic rings. The quantitative estimate of drug-likeness (QED) is 0.849. The number of aryl methyl sites for hydroxylation is 2. The Morgan fingerprint density at radius 2 is 1.95 bits per heavy atom. The van der Waals surface area contributed by atoms with Gasteiger partial charge >= 0.3 is 0 Å². The molecule has 20 heavy (non-hydrogen) atoms. The summed E-state index contributed by atoms with van der Waals surface area (Å²) >= 11 is 5.34. The Hall–Kier alpha value is -1.88. The van der Waals surface area contributed by atoms with Gasteiger partial charge in [-0.25, -0.2) is 0 Å². The zero-order chi connectivity index (χ0) is 14.5. The predicted molar refractivity (Wildman–Crippen MR) is 86.9 cm³/mol. The molecule has 0 radical (unpaired) electrons. The number of nitrogens with zero attached hydrogens (tertiary/aromatic N) is 2. The molecule has 106 valence electrons. The molecule has 2 rings (SSSR count). The van der Waals surface area contributed by atoms with Crippen LogP contribution in [0.25, 0.3) is 0 Å². The number of hydrogen-bond donors (Lipinski definition) is 2. The molecule has 0 aliphatic carbocycles. The molecule has 0 aliphatic heterocycles. The third-order valence-electron chi connectivity index (χ3n) is 3.22. The van der Waals surface area contributed by atoms with Crippen LogP contribution in [0, 0.1) is 13.8 Å². The molecule has 4 nitrogen and oxygen atoms in total. The van der Waals surface area contributed by atoms with Crippen molar-refractivity contribution in [2.75, 3.05) is 5.32 Å².